The van der Waals surface area contributed by atoms with Crippen LogP contribution in [0.25, 0.3) is 0 Å². The Labute approximate surface area is 98.2 Å². The molecule has 0 fully saturated rings. The fourth-order valence-electron chi connectivity index (χ4n) is 1.92. The van der Waals surface area contributed by atoms with Crippen LogP contribution in [0.2, 0.25) is 0 Å². The molecular formula is C13H22N2O. The van der Waals surface area contributed by atoms with Crippen LogP contribution in [-0.4, -0.2) is 26.7 Å². The highest BCUT2D eigenvalue weighted by Gasteiger charge is 2.15. The molecular weight excluding hydrogens is 200 g/mol. The number of rotatable bonds is 6. The van der Waals surface area contributed by atoms with Crippen molar-refractivity contribution in [2.24, 2.45) is 5.73 Å². The summed E-state index contributed by atoms with van der Waals surface area (Å²) in [6.45, 7) is 2.85. The van der Waals surface area contributed by atoms with E-state index in [0.29, 0.717) is 12.6 Å². The van der Waals surface area contributed by atoms with Gasteiger partial charge in [0.05, 0.1) is 12.8 Å². The van der Waals surface area contributed by atoms with Gasteiger partial charge in [-0.2, -0.15) is 0 Å². The summed E-state index contributed by atoms with van der Waals surface area (Å²) in [7, 11) is 3.77. The van der Waals surface area contributed by atoms with E-state index < -0.39 is 0 Å². The molecule has 0 aliphatic heterocycles. The second kappa shape index (κ2) is 6.38. The lowest BCUT2D eigenvalue weighted by molar-refractivity contribution is 0.413. The summed E-state index contributed by atoms with van der Waals surface area (Å²) in [5, 5.41) is 0. The van der Waals surface area contributed by atoms with Gasteiger partial charge in [-0.05, 0) is 18.6 Å². The predicted molar refractivity (Wildman–Crippen MR) is 69.1 cm³/mol. The molecule has 1 rings (SSSR count). The second-order valence-corrected chi connectivity index (χ2v) is 3.96. The van der Waals surface area contributed by atoms with Crippen LogP contribution in [0, 0.1) is 0 Å². The number of methoxy groups -OCH3 is 1. The zero-order chi connectivity index (χ0) is 12.0. The summed E-state index contributed by atoms with van der Waals surface area (Å²) in [5.74, 6) is 0.902. The van der Waals surface area contributed by atoms with Gasteiger partial charge < -0.3 is 15.4 Å². The number of likely N-dealkylation sites (N-methyl/N-ethyl adjacent to an activating group) is 1. The number of nitrogens with two attached hydrogens (primary N) is 1. The van der Waals surface area contributed by atoms with Gasteiger partial charge in [-0.1, -0.05) is 25.5 Å². The zero-order valence-electron chi connectivity index (χ0n) is 10.4. The lowest BCUT2D eigenvalue weighted by Crippen LogP contribution is -2.38. The Morgan fingerprint density at radius 1 is 1.38 bits per heavy atom. The van der Waals surface area contributed by atoms with E-state index in [2.05, 4.69) is 24.9 Å². The van der Waals surface area contributed by atoms with Gasteiger partial charge in [-0.25, -0.2) is 0 Å². The van der Waals surface area contributed by atoms with Crippen LogP contribution in [0.4, 0.5) is 5.69 Å². The molecule has 0 aromatic heterocycles. The van der Waals surface area contributed by atoms with Crippen LogP contribution < -0.4 is 15.4 Å². The van der Waals surface area contributed by atoms with Gasteiger partial charge in [0.15, 0.2) is 0 Å². The molecule has 0 bridgehead atoms. The minimum absolute atomic E-state index is 0.376. The van der Waals surface area contributed by atoms with Crippen molar-refractivity contribution < 1.29 is 4.74 Å². The number of hydrogen-bond acceptors (Lipinski definition) is 3. The van der Waals surface area contributed by atoms with Gasteiger partial charge in [-0.15, -0.1) is 0 Å². The van der Waals surface area contributed by atoms with E-state index in [1.165, 1.54) is 0 Å². The zero-order valence-corrected chi connectivity index (χ0v) is 10.4. The monoisotopic (exact) mass is 222 g/mol. The fourth-order valence-corrected chi connectivity index (χ4v) is 1.92. The standard InChI is InChI=1S/C13H22N2O/c1-4-7-11(10-14)15(2)12-8-5-6-9-13(12)16-3/h5-6,8-9,11H,4,7,10,14H2,1-3H3. The highest BCUT2D eigenvalue weighted by molar-refractivity contribution is 5.58. The third kappa shape index (κ3) is 2.89. The number of hydrogen-bond donors (Lipinski definition) is 1. The van der Waals surface area contributed by atoms with Crippen molar-refractivity contribution in [3.63, 3.8) is 0 Å². The van der Waals surface area contributed by atoms with E-state index >= 15 is 0 Å². The van der Waals surface area contributed by atoms with Crippen molar-refractivity contribution in [2.75, 3.05) is 25.6 Å². The molecule has 1 aromatic carbocycles. The van der Waals surface area contributed by atoms with Gasteiger partial charge in [0.25, 0.3) is 0 Å². The van der Waals surface area contributed by atoms with Crippen LogP contribution in [0.15, 0.2) is 24.3 Å². The van der Waals surface area contributed by atoms with Crippen LogP contribution in [0.5, 0.6) is 5.75 Å². The molecule has 0 amide bonds. The van der Waals surface area contributed by atoms with Gasteiger partial charge in [0.1, 0.15) is 5.75 Å². The highest BCUT2D eigenvalue weighted by Crippen LogP contribution is 2.28. The molecule has 16 heavy (non-hydrogen) atoms. The minimum Gasteiger partial charge on any atom is -0.495 e. The van der Waals surface area contributed by atoms with Crippen LogP contribution in [-0.2, 0) is 0 Å². The maximum atomic E-state index is 5.81. The summed E-state index contributed by atoms with van der Waals surface area (Å²) in [6.07, 6.45) is 2.24. The Balaban J connectivity index is 2.88. The van der Waals surface area contributed by atoms with Crippen molar-refractivity contribution in [2.45, 2.75) is 25.8 Å². The molecule has 0 aliphatic rings. The molecule has 1 atom stereocenters. The van der Waals surface area contributed by atoms with Gasteiger partial charge in [-0.3, -0.25) is 0 Å². The first kappa shape index (κ1) is 12.8. The third-order valence-electron chi connectivity index (χ3n) is 2.91. The number of benzene rings is 1. The van der Waals surface area contributed by atoms with Crippen molar-refractivity contribution >= 4 is 5.69 Å². The smallest absolute Gasteiger partial charge is 0.142 e. The van der Waals surface area contributed by atoms with Crippen molar-refractivity contribution in [3.8, 4) is 5.75 Å². The van der Waals surface area contributed by atoms with Gasteiger partial charge >= 0.3 is 0 Å². The summed E-state index contributed by atoms with van der Waals surface area (Å²) in [4.78, 5) is 2.21. The van der Waals surface area contributed by atoms with E-state index in [-0.39, 0.29) is 0 Å². The molecule has 0 saturated heterocycles. The molecule has 0 spiro atoms. The van der Waals surface area contributed by atoms with E-state index in [0.717, 1.165) is 24.3 Å². The number of ether oxygens (including phenoxy) is 1. The lowest BCUT2D eigenvalue weighted by atomic mass is 10.1. The third-order valence-corrected chi connectivity index (χ3v) is 2.91. The number of nitrogens with zero attached hydrogens (tertiary/aromatic N) is 1. The normalized spacial score (nSPS) is 12.2. The maximum Gasteiger partial charge on any atom is 0.142 e. The van der Waals surface area contributed by atoms with E-state index in [1.807, 2.05) is 18.2 Å². The second-order valence-electron chi connectivity index (χ2n) is 3.96. The quantitative estimate of drug-likeness (QED) is 0.802. The van der Waals surface area contributed by atoms with Crippen LogP contribution in [0.1, 0.15) is 19.8 Å². The largest absolute Gasteiger partial charge is 0.495 e. The maximum absolute atomic E-state index is 5.81. The van der Waals surface area contributed by atoms with Crippen LogP contribution >= 0.6 is 0 Å². The summed E-state index contributed by atoms with van der Waals surface area (Å²) in [5.41, 5.74) is 6.91. The number of anilines is 1. The molecule has 0 heterocycles. The van der Waals surface area contributed by atoms with Crippen molar-refractivity contribution in [1.82, 2.24) is 0 Å². The molecule has 3 nitrogen and oxygen atoms in total. The van der Waals surface area contributed by atoms with E-state index in [1.54, 1.807) is 7.11 Å². The van der Waals surface area contributed by atoms with Gasteiger partial charge in [0, 0.05) is 19.6 Å². The number of para-hydroxylation sites is 2. The molecule has 3 heteroatoms. The first-order valence-electron chi connectivity index (χ1n) is 5.80. The van der Waals surface area contributed by atoms with Crippen molar-refractivity contribution in [3.05, 3.63) is 24.3 Å². The fraction of sp³-hybridized carbons (Fsp3) is 0.538. The summed E-state index contributed by atoms with van der Waals surface area (Å²) in [6, 6.07) is 8.42. The summed E-state index contributed by atoms with van der Waals surface area (Å²) < 4.78 is 5.36. The molecule has 0 saturated carbocycles. The predicted octanol–water partition coefficient (Wildman–Crippen LogP) is 2.26. The minimum atomic E-state index is 0.376. The molecule has 90 valence electrons. The van der Waals surface area contributed by atoms with Crippen LogP contribution in [0.3, 0.4) is 0 Å². The van der Waals surface area contributed by atoms with E-state index in [9.17, 15) is 0 Å². The molecule has 1 unspecified atom stereocenters. The topological polar surface area (TPSA) is 38.5 Å². The molecule has 0 aliphatic carbocycles. The molecule has 2 N–H and O–H groups in total. The Hall–Kier alpha value is -1.22. The van der Waals surface area contributed by atoms with Gasteiger partial charge in [0.2, 0.25) is 0 Å². The Bertz CT molecular complexity index is 315. The molecule has 1 aromatic rings. The first-order chi connectivity index (χ1) is 7.74. The Morgan fingerprint density at radius 3 is 2.62 bits per heavy atom. The molecule has 0 radical (unpaired) electrons. The SMILES string of the molecule is CCCC(CN)N(C)c1ccccc1OC. The Morgan fingerprint density at radius 2 is 2.06 bits per heavy atom. The lowest BCUT2D eigenvalue weighted by Gasteiger charge is -2.30. The van der Waals surface area contributed by atoms with Crippen molar-refractivity contribution in [1.29, 1.82) is 0 Å². The first-order valence-corrected chi connectivity index (χ1v) is 5.80. The average molecular weight is 222 g/mol. The Kier molecular flexibility index (Phi) is 5.12. The highest BCUT2D eigenvalue weighted by atomic mass is 16.5. The van der Waals surface area contributed by atoms with E-state index in [4.69, 9.17) is 10.5 Å². The average Bonchev–Trinajstić information content (AvgIpc) is 2.35. The summed E-state index contributed by atoms with van der Waals surface area (Å²) >= 11 is 0.